The van der Waals surface area contributed by atoms with Gasteiger partial charge in [-0.3, -0.25) is 0 Å². The number of aromatic amines is 1. The molecule has 0 spiro atoms. The van der Waals surface area contributed by atoms with Crippen molar-refractivity contribution < 1.29 is 22.0 Å². The molecule has 3 nitrogen and oxygen atoms in total. The molecule has 0 unspecified atom stereocenters. The Balaban J connectivity index is 1.83. The number of H-pyrrole nitrogens is 1. The molecule has 12 heteroatoms. The van der Waals surface area contributed by atoms with Gasteiger partial charge in [0.1, 0.15) is 0 Å². The first-order valence-corrected chi connectivity index (χ1v) is 14.8. The molecule has 0 amide bonds. The van der Waals surface area contributed by atoms with Gasteiger partial charge >= 0.3 is 0 Å². The highest BCUT2D eigenvalue weighted by Gasteiger charge is 2.29. The van der Waals surface area contributed by atoms with Gasteiger partial charge in [0.25, 0.3) is 0 Å². The van der Waals surface area contributed by atoms with Gasteiger partial charge < -0.3 is 4.98 Å². The van der Waals surface area contributed by atoms with Crippen LogP contribution in [0.3, 0.4) is 0 Å². The Morgan fingerprint density at radius 3 is 1.55 bits per heavy atom. The molecule has 0 saturated carbocycles. The summed E-state index contributed by atoms with van der Waals surface area (Å²) in [7, 11) is 0. The number of nitrogens with one attached hydrogen (secondary N) is 1. The van der Waals surface area contributed by atoms with Crippen LogP contribution in [0.4, 0.5) is 22.0 Å². The number of benzene rings is 1. The zero-order valence-corrected chi connectivity index (χ0v) is 25.7. The fraction of sp³-hybridized carbons (Fsp3) is 0. The Bertz CT molecular complexity index is 1900. The van der Waals surface area contributed by atoms with Crippen LogP contribution in [0.1, 0.15) is 22.8 Å². The average molecular weight is 871 g/mol. The van der Waals surface area contributed by atoms with Gasteiger partial charge in [0.2, 0.25) is 5.82 Å². The Kier molecular flexibility index (Phi) is 6.87. The van der Waals surface area contributed by atoms with E-state index in [0.717, 1.165) is 35.2 Å². The van der Waals surface area contributed by atoms with Gasteiger partial charge in [-0.05, 0) is 116 Å². The summed E-state index contributed by atoms with van der Waals surface area (Å²) >= 11 is 7.62. The first-order valence-electron chi connectivity index (χ1n) is 10.7. The zero-order valence-electron chi connectivity index (χ0n) is 18.4. The molecule has 5 heterocycles. The summed E-state index contributed by atoms with van der Waals surface area (Å²) in [6, 6.07) is 7.11. The number of thiophene rings is 1. The summed E-state index contributed by atoms with van der Waals surface area (Å²) in [5.41, 5.74) is 2.39. The Morgan fingerprint density at radius 2 is 0.974 bits per heavy atom. The monoisotopic (exact) mass is 871 g/mol. The molecule has 1 N–H and O–H groups in total. The molecule has 0 atom stereocenters. The molecule has 0 radical (unpaired) electrons. The SMILES string of the molecule is Fc1c(F)c(F)c(-c2c3nc(c(I)c4ccc([nH]4)c(I)c4nc(c(I)c5ccc2s5)C=C4)C=C3)c(F)c1F. The van der Waals surface area contributed by atoms with Crippen molar-refractivity contribution in [3.63, 3.8) is 0 Å². The van der Waals surface area contributed by atoms with E-state index in [1.807, 2.05) is 24.3 Å². The second kappa shape index (κ2) is 9.92. The van der Waals surface area contributed by atoms with Gasteiger partial charge in [-0.25, -0.2) is 31.9 Å². The Labute approximate surface area is 256 Å². The highest BCUT2D eigenvalue weighted by molar-refractivity contribution is 14.1. The molecule has 4 aromatic rings. The lowest BCUT2D eigenvalue weighted by Crippen LogP contribution is -2.04. The van der Waals surface area contributed by atoms with E-state index in [1.165, 1.54) is 6.08 Å². The summed E-state index contributed by atoms with van der Waals surface area (Å²) in [4.78, 5) is 12.7. The summed E-state index contributed by atoms with van der Waals surface area (Å²) in [6.07, 6.45) is 6.92. The maximum Gasteiger partial charge on any atom is 0.200 e. The van der Waals surface area contributed by atoms with E-state index in [4.69, 9.17) is 4.98 Å². The van der Waals surface area contributed by atoms with Crippen molar-refractivity contribution in [3.05, 3.63) is 86.8 Å². The van der Waals surface area contributed by atoms with E-state index in [2.05, 4.69) is 77.7 Å². The van der Waals surface area contributed by atoms with Gasteiger partial charge in [0.05, 0.1) is 50.1 Å². The van der Waals surface area contributed by atoms with Crippen LogP contribution < -0.4 is 0 Å². The van der Waals surface area contributed by atoms with Crippen molar-refractivity contribution in [2.24, 2.45) is 0 Å². The van der Waals surface area contributed by atoms with Gasteiger partial charge in [0.15, 0.2) is 23.3 Å². The van der Waals surface area contributed by atoms with Crippen LogP contribution in [0.5, 0.6) is 0 Å². The number of fused-ring (bicyclic) bond motifs is 8. The average Bonchev–Trinajstić information content (AvgIpc) is 3.73. The van der Waals surface area contributed by atoms with Crippen LogP contribution in [0.15, 0.2) is 24.3 Å². The van der Waals surface area contributed by atoms with Gasteiger partial charge in [-0.15, -0.1) is 11.3 Å². The molecule has 8 bridgehead atoms. The lowest BCUT2D eigenvalue weighted by atomic mass is 10.0. The smallest absolute Gasteiger partial charge is 0.200 e. The Hall–Kier alpha value is -1.92. The standard InChI is InChI=1S/C26H9F5I3N3S/c27-19-18(20(28)22(30)23(31)21(19)29)17-9-1-2-10(35-9)24(32)11-3-4-12(36-11)25(33)13-5-6-14(37-13)26(34)16-8-7-15(17)38-16/h1-8,36H. The number of hydrogen-bond acceptors (Lipinski definition) is 3. The molecular formula is C26H9F5I3N3S. The second-order valence-corrected chi connectivity index (χ2v) is 12.5. The normalized spacial score (nSPS) is 12.5. The number of rotatable bonds is 1. The Morgan fingerprint density at radius 1 is 0.526 bits per heavy atom. The predicted octanol–water partition coefficient (Wildman–Crippen LogP) is 9.57. The van der Waals surface area contributed by atoms with Crippen LogP contribution in [0, 0.1) is 39.8 Å². The van der Waals surface area contributed by atoms with Crippen LogP contribution in [-0.2, 0) is 0 Å². The molecule has 38 heavy (non-hydrogen) atoms. The highest BCUT2D eigenvalue weighted by atomic mass is 127. The fourth-order valence-corrected chi connectivity index (χ4v) is 7.13. The molecular weight excluding hydrogens is 862 g/mol. The number of hydrogen-bond donors (Lipinski definition) is 1. The lowest BCUT2D eigenvalue weighted by Gasteiger charge is -2.09. The van der Waals surface area contributed by atoms with Crippen molar-refractivity contribution >= 4 is 124 Å². The minimum absolute atomic E-state index is 0.0783. The van der Waals surface area contributed by atoms with Crippen LogP contribution in [0.25, 0.3) is 55.9 Å². The molecule has 190 valence electrons. The maximum atomic E-state index is 15.1. The van der Waals surface area contributed by atoms with Gasteiger partial charge in [-0.2, -0.15) is 0 Å². The number of aromatic nitrogens is 3. The molecule has 0 fully saturated rings. The van der Waals surface area contributed by atoms with Crippen molar-refractivity contribution in [1.82, 2.24) is 15.0 Å². The van der Waals surface area contributed by atoms with Crippen molar-refractivity contribution in [3.8, 4) is 11.1 Å². The minimum atomic E-state index is -2.21. The van der Waals surface area contributed by atoms with E-state index in [-0.39, 0.29) is 11.3 Å². The van der Waals surface area contributed by atoms with Gasteiger partial charge in [0, 0.05) is 15.0 Å². The van der Waals surface area contributed by atoms with E-state index in [9.17, 15) is 13.2 Å². The molecule has 0 saturated heterocycles. The topological polar surface area (TPSA) is 41.6 Å². The summed E-state index contributed by atoms with van der Waals surface area (Å²) in [6.45, 7) is 0. The summed E-state index contributed by atoms with van der Waals surface area (Å²) < 4.78 is 76.1. The minimum Gasteiger partial charge on any atom is -0.354 e. The third kappa shape index (κ3) is 4.21. The van der Waals surface area contributed by atoms with E-state index >= 15 is 8.78 Å². The molecule has 0 aliphatic carbocycles. The number of halogens is 8. The maximum absolute atomic E-state index is 15.1. The van der Waals surface area contributed by atoms with E-state index < -0.39 is 34.6 Å². The second-order valence-electron chi connectivity index (χ2n) is 8.14. The third-order valence-electron chi connectivity index (χ3n) is 5.90. The van der Waals surface area contributed by atoms with Crippen LogP contribution in [-0.4, -0.2) is 15.0 Å². The molecule has 2 aliphatic rings. The quantitative estimate of drug-likeness (QED) is 0.0775. The largest absolute Gasteiger partial charge is 0.354 e. The van der Waals surface area contributed by atoms with Crippen molar-refractivity contribution in [1.29, 1.82) is 0 Å². The van der Waals surface area contributed by atoms with Crippen molar-refractivity contribution in [2.75, 3.05) is 0 Å². The molecule has 6 rings (SSSR count). The highest BCUT2D eigenvalue weighted by Crippen LogP contribution is 2.40. The fourth-order valence-electron chi connectivity index (χ4n) is 4.08. The van der Waals surface area contributed by atoms with Crippen LogP contribution in [0.2, 0.25) is 0 Å². The predicted molar refractivity (Wildman–Crippen MR) is 166 cm³/mol. The third-order valence-corrected chi connectivity index (χ3v) is 10.8. The zero-order chi connectivity index (χ0) is 26.9. The molecule has 1 aromatic carbocycles. The first kappa shape index (κ1) is 26.3. The first-order chi connectivity index (χ1) is 18.2. The van der Waals surface area contributed by atoms with Crippen molar-refractivity contribution in [2.45, 2.75) is 0 Å². The summed E-state index contributed by atoms with van der Waals surface area (Å²) in [5.74, 6) is -10.1. The number of nitrogens with zero attached hydrogens (tertiary/aromatic N) is 2. The van der Waals surface area contributed by atoms with Crippen LogP contribution >= 0.6 is 79.1 Å². The molecule has 2 aliphatic heterocycles. The van der Waals surface area contributed by atoms with E-state index in [1.54, 1.807) is 18.2 Å². The summed E-state index contributed by atoms with van der Waals surface area (Å²) in [5, 5.41) is 0. The lowest BCUT2D eigenvalue weighted by molar-refractivity contribution is 0.381. The van der Waals surface area contributed by atoms with Gasteiger partial charge in [-0.1, -0.05) is 0 Å². The molecule has 3 aromatic heterocycles. The van der Waals surface area contributed by atoms with E-state index in [0.29, 0.717) is 24.4 Å².